The molecule has 0 aliphatic heterocycles. The van der Waals surface area contributed by atoms with Crippen molar-refractivity contribution in [1.29, 1.82) is 0 Å². The standard InChI is InChI=1S/C60H96N2O11/c1-47(67-40-24-21-35-56(3,4)60(11,12)72-45-54(50-28-19-15-20-29-50)59(9,10)73-55(64)62-37-22-16-23-39-66-46-63)34-42-68-51-30-32-52(33-31-51)69-43-36-57(5,6)71-41-25-38-61-48(2)70-44-53(58(7,8)65-13)49-26-17-14-18-27-49/h14-15,17-20,26-33,46-48,53-54,61H,16,21-25,34-45H2,1-13H3,(H,62,64). The Bertz CT molecular complexity index is 1920. The monoisotopic (exact) mass is 1020 g/mol. The van der Waals surface area contributed by atoms with Crippen LogP contribution in [0.1, 0.15) is 164 Å². The van der Waals surface area contributed by atoms with E-state index in [0.717, 1.165) is 81.4 Å². The van der Waals surface area contributed by atoms with Crippen LogP contribution in [-0.2, 0) is 38.0 Å². The van der Waals surface area contributed by atoms with Gasteiger partial charge in [0.05, 0.1) is 55.9 Å². The molecule has 3 aromatic carbocycles. The Balaban J connectivity index is 1.28. The maximum atomic E-state index is 12.9. The van der Waals surface area contributed by atoms with Crippen molar-refractivity contribution in [2.75, 3.05) is 66.4 Å². The van der Waals surface area contributed by atoms with Crippen LogP contribution in [0.4, 0.5) is 4.79 Å². The van der Waals surface area contributed by atoms with Gasteiger partial charge in [0, 0.05) is 51.5 Å². The van der Waals surface area contributed by atoms with Crippen LogP contribution in [0.2, 0.25) is 0 Å². The number of carbonyl (C=O) groups is 2. The molecule has 0 aromatic heterocycles. The second kappa shape index (κ2) is 32.3. The molecule has 0 spiro atoms. The van der Waals surface area contributed by atoms with Gasteiger partial charge in [-0.25, -0.2) is 4.79 Å². The van der Waals surface area contributed by atoms with Gasteiger partial charge in [-0.2, -0.15) is 0 Å². The van der Waals surface area contributed by atoms with Gasteiger partial charge in [0.2, 0.25) is 0 Å². The number of carbonyl (C=O) groups excluding carboxylic acids is 2. The van der Waals surface area contributed by atoms with Gasteiger partial charge in [0.1, 0.15) is 23.3 Å². The fourth-order valence-corrected chi connectivity index (χ4v) is 8.29. The SMILES string of the molecule is COC(C)(C)C(COC(C)NCCCOC(C)(C)CCOc1ccc(OCCC(C)OCCCCC(C)(C)C(C)(C)OCC(c2ccccc2)C(C)(C)OC(=O)NCCCCCOC=O)cc1)c1ccccc1. The minimum absolute atomic E-state index is 0.0732. The van der Waals surface area contributed by atoms with Crippen molar-refractivity contribution >= 4 is 12.6 Å². The van der Waals surface area contributed by atoms with E-state index in [1.807, 2.05) is 69.3 Å². The van der Waals surface area contributed by atoms with E-state index in [2.05, 4.69) is 109 Å². The van der Waals surface area contributed by atoms with E-state index in [9.17, 15) is 9.59 Å². The number of hydrogen-bond acceptors (Lipinski definition) is 12. The summed E-state index contributed by atoms with van der Waals surface area (Å²) in [6, 6.07) is 28.3. The largest absolute Gasteiger partial charge is 0.493 e. The normalized spacial score (nSPS) is 14.2. The van der Waals surface area contributed by atoms with Crippen LogP contribution >= 0.6 is 0 Å². The lowest BCUT2D eigenvalue weighted by atomic mass is 9.73. The molecule has 0 aliphatic rings. The molecule has 1 amide bonds. The maximum absolute atomic E-state index is 12.9. The van der Waals surface area contributed by atoms with E-state index in [-0.39, 0.29) is 40.8 Å². The minimum atomic E-state index is -0.842. The summed E-state index contributed by atoms with van der Waals surface area (Å²) in [5.74, 6) is 1.52. The molecule has 13 heteroatoms. The number of ether oxygens (including phenoxy) is 9. The van der Waals surface area contributed by atoms with E-state index >= 15 is 0 Å². The molecule has 0 aliphatic carbocycles. The summed E-state index contributed by atoms with van der Waals surface area (Å²) < 4.78 is 54.1. The lowest BCUT2D eigenvalue weighted by molar-refractivity contribution is -0.128. The molecule has 4 atom stereocenters. The number of benzene rings is 3. The van der Waals surface area contributed by atoms with Crippen molar-refractivity contribution in [2.24, 2.45) is 5.41 Å². The van der Waals surface area contributed by atoms with Gasteiger partial charge in [-0.15, -0.1) is 0 Å². The molecular weight excluding hydrogens is 925 g/mol. The first kappa shape index (κ1) is 63.1. The summed E-state index contributed by atoms with van der Waals surface area (Å²) in [6.45, 7) is 30.8. The third-order valence-electron chi connectivity index (χ3n) is 14.4. The zero-order chi connectivity index (χ0) is 53.8. The predicted molar refractivity (Wildman–Crippen MR) is 292 cm³/mol. The Hall–Kier alpha value is -4.24. The number of unbranched alkanes of at least 4 members (excludes halogenated alkanes) is 3. The zero-order valence-corrected chi connectivity index (χ0v) is 47.2. The molecule has 3 rings (SSSR count). The Morgan fingerprint density at radius 3 is 1.78 bits per heavy atom. The van der Waals surface area contributed by atoms with Crippen LogP contribution in [0.15, 0.2) is 84.9 Å². The Labute approximate surface area is 440 Å². The Morgan fingerprint density at radius 2 is 1.18 bits per heavy atom. The third-order valence-corrected chi connectivity index (χ3v) is 14.4. The van der Waals surface area contributed by atoms with Crippen molar-refractivity contribution in [2.45, 2.75) is 187 Å². The van der Waals surface area contributed by atoms with Crippen molar-refractivity contribution in [3.05, 3.63) is 96.1 Å². The summed E-state index contributed by atoms with van der Waals surface area (Å²) >= 11 is 0. The molecule has 0 heterocycles. The van der Waals surface area contributed by atoms with Crippen LogP contribution in [0.25, 0.3) is 0 Å². The van der Waals surface area contributed by atoms with Gasteiger partial charge >= 0.3 is 6.09 Å². The van der Waals surface area contributed by atoms with E-state index in [0.29, 0.717) is 59.3 Å². The molecule has 412 valence electrons. The van der Waals surface area contributed by atoms with E-state index in [4.69, 9.17) is 42.6 Å². The van der Waals surface area contributed by atoms with Gasteiger partial charge in [0.25, 0.3) is 6.47 Å². The fourth-order valence-electron chi connectivity index (χ4n) is 8.29. The first-order valence-corrected chi connectivity index (χ1v) is 26.9. The summed E-state index contributed by atoms with van der Waals surface area (Å²) in [7, 11) is 1.75. The molecular formula is C60H96N2O11. The summed E-state index contributed by atoms with van der Waals surface area (Å²) in [5, 5.41) is 6.35. The zero-order valence-electron chi connectivity index (χ0n) is 47.2. The van der Waals surface area contributed by atoms with Crippen LogP contribution in [0.5, 0.6) is 11.5 Å². The molecule has 0 fully saturated rings. The molecule has 0 saturated heterocycles. The number of rotatable bonds is 40. The number of alkyl carbamates (subject to hydrolysis) is 1. The molecule has 2 N–H and O–H groups in total. The van der Waals surface area contributed by atoms with E-state index < -0.39 is 17.3 Å². The Morgan fingerprint density at radius 1 is 0.589 bits per heavy atom. The number of nitrogens with one attached hydrogen (secondary N) is 2. The number of amides is 1. The highest BCUT2D eigenvalue weighted by Gasteiger charge is 2.41. The van der Waals surface area contributed by atoms with Crippen molar-refractivity contribution in [3.63, 3.8) is 0 Å². The average molecular weight is 1020 g/mol. The smallest absolute Gasteiger partial charge is 0.407 e. The van der Waals surface area contributed by atoms with Crippen LogP contribution < -0.4 is 20.1 Å². The van der Waals surface area contributed by atoms with Crippen LogP contribution in [-0.4, -0.2) is 114 Å². The highest BCUT2D eigenvalue weighted by molar-refractivity contribution is 5.67. The van der Waals surface area contributed by atoms with Gasteiger partial charge in [-0.1, -0.05) is 80.9 Å². The second-order valence-electron chi connectivity index (χ2n) is 22.1. The number of hydrogen-bond donors (Lipinski definition) is 2. The molecule has 13 nitrogen and oxygen atoms in total. The summed E-state index contributed by atoms with van der Waals surface area (Å²) in [6.07, 6.45) is 7.21. The minimum Gasteiger partial charge on any atom is -0.493 e. The van der Waals surface area contributed by atoms with Gasteiger partial charge in [-0.3, -0.25) is 10.1 Å². The van der Waals surface area contributed by atoms with Crippen molar-refractivity contribution in [1.82, 2.24) is 10.6 Å². The average Bonchev–Trinajstić information content (AvgIpc) is 3.34. The Kier molecular flexibility index (Phi) is 27.9. The van der Waals surface area contributed by atoms with Crippen molar-refractivity contribution in [3.8, 4) is 11.5 Å². The third kappa shape index (κ3) is 24.3. The molecule has 3 aromatic rings. The molecule has 0 radical (unpaired) electrons. The van der Waals surface area contributed by atoms with Crippen molar-refractivity contribution < 1.29 is 52.2 Å². The molecule has 0 bridgehead atoms. The van der Waals surface area contributed by atoms with Gasteiger partial charge in [0.15, 0.2) is 0 Å². The van der Waals surface area contributed by atoms with E-state index in [1.54, 1.807) is 7.11 Å². The lowest BCUT2D eigenvalue weighted by Crippen LogP contribution is -2.46. The first-order valence-electron chi connectivity index (χ1n) is 26.9. The summed E-state index contributed by atoms with van der Waals surface area (Å²) in [5.41, 5.74) is 0.152. The molecule has 73 heavy (non-hydrogen) atoms. The van der Waals surface area contributed by atoms with Crippen LogP contribution in [0.3, 0.4) is 0 Å². The van der Waals surface area contributed by atoms with Gasteiger partial charge in [-0.05, 0) is 155 Å². The summed E-state index contributed by atoms with van der Waals surface area (Å²) in [4.78, 5) is 23.2. The first-order chi connectivity index (χ1) is 34.6. The maximum Gasteiger partial charge on any atom is 0.407 e. The topological polar surface area (TPSA) is 141 Å². The van der Waals surface area contributed by atoms with Crippen LogP contribution in [0, 0.1) is 5.41 Å². The number of methoxy groups -OCH3 is 1. The molecule has 4 unspecified atom stereocenters. The lowest BCUT2D eigenvalue weighted by Gasteiger charge is -2.44. The van der Waals surface area contributed by atoms with E-state index in [1.165, 1.54) is 5.56 Å². The highest BCUT2D eigenvalue weighted by Crippen LogP contribution is 2.41. The second-order valence-corrected chi connectivity index (χ2v) is 22.1. The highest BCUT2D eigenvalue weighted by atomic mass is 16.6. The fraction of sp³-hybridized carbons (Fsp3) is 0.667. The quantitative estimate of drug-likeness (QED) is 0.0318. The molecule has 0 saturated carbocycles. The van der Waals surface area contributed by atoms with Gasteiger partial charge < -0.3 is 47.9 Å². The predicted octanol–water partition coefficient (Wildman–Crippen LogP) is 12.6.